The van der Waals surface area contributed by atoms with Crippen molar-refractivity contribution in [2.75, 3.05) is 13.6 Å². The number of likely N-dealkylation sites (N-methyl/N-ethyl adjacent to an activating group) is 1. The number of hydrogen-bond donors (Lipinski definition) is 1. The van der Waals surface area contributed by atoms with E-state index < -0.39 is 0 Å². The van der Waals surface area contributed by atoms with Crippen LogP contribution in [0.3, 0.4) is 0 Å². The van der Waals surface area contributed by atoms with Gasteiger partial charge >= 0.3 is 0 Å². The van der Waals surface area contributed by atoms with Gasteiger partial charge in [-0.3, -0.25) is 4.79 Å². The maximum Gasteiger partial charge on any atom is 0.227 e. The van der Waals surface area contributed by atoms with Crippen LogP contribution in [0.4, 0.5) is 0 Å². The Balaban J connectivity index is 1.99. The van der Waals surface area contributed by atoms with E-state index in [9.17, 15) is 4.79 Å². The van der Waals surface area contributed by atoms with E-state index in [1.54, 1.807) is 11.9 Å². The predicted molar refractivity (Wildman–Crippen MR) is 96.9 cm³/mol. The van der Waals surface area contributed by atoms with Crippen LogP contribution in [0.5, 0.6) is 5.75 Å². The first kappa shape index (κ1) is 18.0. The molecule has 1 unspecified atom stereocenters. The van der Waals surface area contributed by atoms with Crippen LogP contribution in [-0.2, 0) is 17.8 Å². The Hall–Kier alpha value is -2.33. The summed E-state index contributed by atoms with van der Waals surface area (Å²) in [5.74, 6) is 0.835. The number of benzene rings is 2. The van der Waals surface area contributed by atoms with E-state index >= 15 is 0 Å². The monoisotopic (exact) mass is 326 g/mol. The molecule has 0 spiro atoms. The van der Waals surface area contributed by atoms with E-state index in [4.69, 9.17) is 10.5 Å². The molecule has 2 aromatic rings. The first-order valence-corrected chi connectivity index (χ1v) is 8.23. The highest BCUT2D eigenvalue weighted by atomic mass is 16.5. The summed E-state index contributed by atoms with van der Waals surface area (Å²) in [6.07, 6.45) is 0.350. The molecule has 0 saturated carbocycles. The van der Waals surface area contributed by atoms with Crippen molar-refractivity contribution in [1.29, 1.82) is 0 Å². The van der Waals surface area contributed by atoms with Crippen molar-refractivity contribution in [3.05, 3.63) is 65.2 Å². The van der Waals surface area contributed by atoms with Gasteiger partial charge in [0.2, 0.25) is 5.91 Å². The standard InChI is InChI=1S/C20H26N2O2/c1-15-7-4-5-9-18(15)14-24-19-10-6-8-17(11-19)12-20(23)22(3)16(2)13-21/h4-11,16H,12-14,21H2,1-3H3. The molecule has 0 heterocycles. The van der Waals surface area contributed by atoms with Crippen molar-refractivity contribution in [3.8, 4) is 5.75 Å². The number of nitrogens with zero attached hydrogens (tertiary/aromatic N) is 1. The third-order valence-corrected chi connectivity index (χ3v) is 4.31. The van der Waals surface area contributed by atoms with Crippen LogP contribution in [0.2, 0.25) is 0 Å². The second kappa shape index (κ2) is 8.50. The van der Waals surface area contributed by atoms with Gasteiger partial charge in [-0.1, -0.05) is 36.4 Å². The number of nitrogens with two attached hydrogens (primary N) is 1. The summed E-state index contributed by atoms with van der Waals surface area (Å²) < 4.78 is 5.88. The van der Waals surface area contributed by atoms with Crippen molar-refractivity contribution >= 4 is 5.91 Å². The maximum absolute atomic E-state index is 12.3. The number of carbonyl (C=O) groups excluding carboxylic acids is 1. The van der Waals surface area contributed by atoms with Gasteiger partial charge in [0.1, 0.15) is 12.4 Å². The Morgan fingerprint density at radius 3 is 2.67 bits per heavy atom. The summed E-state index contributed by atoms with van der Waals surface area (Å²) in [6.45, 7) is 5.00. The molecule has 0 aliphatic rings. The molecule has 0 radical (unpaired) electrons. The summed E-state index contributed by atoms with van der Waals surface area (Å²) >= 11 is 0. The van der Waals surface area contributed by atoms with E-state index in [0.717, 1.165) is 16.9 Å². The average molecular weight is 326 g/mol. The maximum atomic E-state index is 12.3. The zero-order valence-electron chi connectivity index (χ0n) is 14.7. The third kappa shape index (κ3) is 4.83. The Bertz CT molecular complexity index is 685. The smallest absolute Gasteiger partial charge is 0.227 e. The second-order valence-corrected chi connectivity index (χ2v) is 6.13. The molecule has 2 rings (SSSR count). The third-order valence-electron chi connectivity index (χ3n) is 4.31. The lowest BCUT2D eigenvalue weighted by atomic mass is 10.1. The van der Waals surface area contributed by atoms with Crippen molar-refractivity contribution in [3.63, 3.8) is 0 Å². The van der Waals surface area contributed by atoms with Crippen LogP contribution in [0.15, 0.2) is 48.5 Å². The average Bonchev–Trinajstić information content (AvgIpc) is 2.60. The molecule has 24 heavy (non-hydrogen) atoms. The van der Waals surface area contributed by atoms with Gasteiger partial charge in [-0.25, -0.2) is 0 Å². The highest BCUT2D eigenvalue weighted by molar-refractivity contribution is 5.78. The summed E-state index contributed by atoms with van der Waals surface area (Å²) in [6, 6.07) is 15.9. The van der Waals surface area contributed by atoms with Gasteiger partial charge in [0.05, 0.1) is 6.42 Å². The normalized spacial score (nSPS) is 11.8. The minimum Gasteiger partial charge on any atom is -0.489 e. The van der Waals surface area contributed by atoms with Gasteiger partial charge in [-0.05, 0) is 42.7 Å². The highest BCUT2D eigenvalue weighted by Crippen LogP contribution is 2.17. The Kier molecular flexibility index (Phi) is 6.38. The number of aryl methyl sites for hydroxylation is 1. The molecule has 0 saturated heterocycles. The Morgan fingerprint density at radius 1 is 1.21 bits per heavy atom. The summed E-state index contributed by atoms with van der Waals surface area (Å²) in [5.41, 5.74) is 8.94. The lowest BCUT2D eigenvalue weighted by Crippen LogP contribution is -2.40. The van der Waals surface area contributed by atoms with Crippen molar-refractivity contribution < 1.29 is 9.53 Å². The number of carbonyl (C=O) groups is 1. The van der Waals surface area contributed by atoms with Crippen molar-refractivity contribution in [2.24, 2.45) is 5.73 Å². The van der Waals surface area contributed by atoms with E-state index in [0.29, 0.717) is 19.6 Å². The minimum absolute atomic E-state index is 0.0398. The molecular weight excluding hydrogens is 300 g/mol. The van der Waals surface area contributed by atoms with Gasteiger partial charge in [-0.2, -0.15) is 0 Å². The minimum atomic E-state index is 0.0398. The van der Waals surface area contributed by atoms with Gasteiger partial charge in [0, 0.05) is 19.6 Å². The first-order chi connectivity index (χ1) is 11.5. The topological polar surface area (TPSA) is 55.6 Å². The zero-order valence-corrected chi connectivity index (χ0v) is 14.7. The van der Waals surface area contributed by atoms with Gasteiger partial charge < -0.3 is 15.4 Å². The largest absolute Gasteiger partial charge is 0.489 e. The molecule has 0 bridgehead atoms. The van der Waals surface area contributed by atoms with Crippen LogP contribution >= 0.6 is 0 Å². The van der Waals surface area contributed by atoms with E-state index in [1.807, 2.05) is 43.3 Å². The van der Waals surface area contributed by atoms with Crippen LogP contribution in [0.1, 0.15) is 23.6 Å². The fraction of sp³-hybridized carbons (Fsp3) is 0.350. The van der Waals surface area contributed by atoms with Crippen LogP contribution in [-0.4, -0.2) is 30.4 Å². The SMILES string of the molecule is Cc1ccccc1COc1cccc(CC(=O)N(C)C(C)CN)c1. The molecule has 0 aliphatic heterocycles. The lowest BCUT2D eigenvalue weighted by Gasteiger charge is -2.23. The van der Waals surface area contributed by atoms with Gasteiger partial charge in [-0.15, -0.1) is 0 Å². The molecule has 1 amide bonds. The van der Waals surface area contributed by atoms with Crippen molar-refractivity contribution in [2.45, 2.75) is 32.9 Å². The second-order valence-electron chi connectivity index (χ2n) is 6.13. The molecule has 4 heteroatoms. The summed E-state index contributed by atoms with van der Waals surface area (Å²) in [4.78, 5) is 14.0. The van der Waals surface area contributed by atoms with E-state index in [1.165, 1.54) is 5.56 Å². The molecule has 2 N–H and O–H groups in total. The molecule has 1 atom stereocenters. The van der Waals surface area contributed by atoms with Gasteiger partial charge in [0.25, 0.3) is 0 Å². The molecule has 0 fully saturated rings. The summed E-state index contributed by atoms with van der Waals surface area (Å²) in [5, 5.41) is 0. The highest BCUT2D eigenvalue weighted by Gasteiger charge is 2.15. The molecule has 2 aromatic carbocycles. The Labute approximate surface area is 144 Å². The molecule has 4 nitrogen and oxygen atoms in total. The fourth-order valence-electron chi connectivity index (χ4n) is 2.38. The van der Waals surface area contributed by atoms with E-state index in [2.05, 4.69) is 19.1 Å². The predicted octanol–water partition coefficient (Wildman–Crippen LogP) is 2.92. The van der Waals surface area contributed by atoms with Crippen LogP contribution < -0.4 is 10.5 Å². The van der Waals surface area contributed by atoms with Gasteiger partial charge in [0.15, 0.2) is 0 Å². The number of ether oxygens (including phenoxy) is 1. The quantitative estimate of drug-likeness (QED) is 0.851. The lowest BCUT2D eigenvalue weighted by molar-refractivity contribution is -0.130. The molecule has 0 aromatic heterocycles. The molecular formula is C20H26N2O2. The number of hydrogen-bond acceptors (Lipinski definition) is 3. The number of rotatable bonds is 7. The Morgan fingerprint density at radius 2 is 1.96 bits per heavy atom. The molecule has 128 valence electrons. The number of amides is 1. The zero-order chi connectivity index (χ0) is 17.5. The first-order valence-electron chi connectivity index (χ1n) is 8.23. The fourth-order valence-corrected chi connectivity index (χ4v) is 2.38. The van der Waals surface area contributed by atoms with Crippen LogP contribution in [0, 0.1) is 6.92 Å². The summed E-state index contributed by atoms with van der Waals surface area (Å²) in [7, 11) is 1.79. The van der Waals surface area contributed by atoms with Crippen molar-refractivity contribution in [1.82, 2.24) is 4.90 Å². The molecule has 0 aliphatic carbocycles. The van der Waals surface area contributed by atoms with E-state index in [-0.39, 0.29) is 11.9 Å². The van der Waals surface area contributed by atoms with Crippen LogP contribution in [0.25, 0.3) is 0 Å².